The molecule has 28 heavy (non-hydrogen) atoms. The van der Waals surface area contributed by atoms with E-state index in [4.69, 9.17) is 11.6 Å². The van der Waals surface area contributed by atoms with Crippen molar-refractivity contribution in [2.24, 2.45) is 5.92 Å². The van der Waals surface area contributed by atoms with Gasteiger partial charge in [0, 0.05) is 28.6 Å². The monoisotopic (exact) mass is 422 g/mol. The average molecular weight is 423 g/mol. The van der Waals surface area contributed by atoms with E-state index in [1.807, 2.05) is 30.7 Å². The Morgan fingerprint density at radius 3 is 2.43 bits per heavy atom. The number of amides is 2. The number of hydrogen-bond acceptors (Lipinski definition) is 4. The zero-order valence-electron chi connectivity index (χ0n) is 16.7. The van der Waals surface area contributed by atoms with Gasteiger partial charge in [-0.25, -0.2) is 0 Å². The van der Waals surface area contributed by atoms with Crippen LogP contribution in [0.25, 0.3) is 0 Å². The molecule has 0 spiro atoms. The topological polar surface area (TPSA) is 76.0 Å². The number of hydrazine groups is 1. The maximum atomic E-state index is 12.1. The van der Waals surface area contributed by atoms with Crippen molar-refractivity contribution >= 4 is 35.2 Å². The number of aryl methyl sites for hydroxylation is 1. The van der Waals surface area contributed by atoms with Crippen molar-refractivity contribution in [3.05, 3.63) is 46.2 Å². The molecule has 8 heteroatoms. The number of rotatable bonds is 8. The summed E-state index contributed by atoms with van der Waals surface area (Å²) in [6, 6.07) is 7.25. The first-order chi connectivity index (χ1) is 13.3. The molecule has 1 aromatic heterocycles. The minimum Gasteiger partial charge on any atom is -0.273 e. The minimum atomic E-state index is -0.259. The van der Waals surface area contributed by atoms with Crippen LogP contribution in [0.4, 0.5) is 0 Å². The second-order valence-corrected chi connectivity index (χ2v) is 8.55. The second kappa shape index (κ2) is 10.5. The molecule has 0 aliphatic carbocycles. The van der Waals surface area contributed by atoms with Gasteiger partial charge in [0.1, 0.15) is 0 Å². The van der Waals surface area contributed by atoms with Gasteiger partial charge in [-0.1, -0.05) is 25.4 Å². The fourth-order valence-electron chi connectivity index (χ4n) is 2.78. The molecule has 152 valence electrons. The van der Waals surface area contributed by atoms with Gasteiger partial charge in [0.05, 0.1) is 11.4 Å². The van der Waals surface area contributed by atoms with Crippen molar-refractivity contribution < 1.29 is 9.59 Å². The summed E-state index contributed by atoms with van der Waals surface area (Å²) in [5.74, 6) is 0.239. The average Bonchev–Trinajstić information content (AvgIpc) is 2.90. The van der Waals surface area contributed by atoms with Crippen LogP contribution in [0, 0.1) is 19.8 Å². The Morgan fingerprint density at radius 2 is 1.79 bits per heavy atom. The number of carbonyl (C=O) groups excluding carboxylic acids is 2. The van der Waals surface area contributed by atoms with Gasteiger partial charge in [0.15, 0.2) is 0 Å². The Labute approximate surface area is 175 Å². The van der Waals surface area contributed by atoms with Crippen molar-refractivity contribution in [3.63, 3.8) is 0 Å². The lowest BCUT2D eigenvalue weighted by Gasteiger charge is -2.09. The van der Waals surface area contributed by atoms with E-state index in [9.17, 15) is 9.59 Å². The van der Waals surface area contributed by atoms with E-state index in [1.165, 1.54) is 11.8 Å². The third kappa shape index (κ3) is 6.87. The highest BCUT2D eigenvalue weighted by atomic mass is 35.5. The van der Waals surface area contributed by atoms with Crippen LogP contribution in [0.1, 0.15) is 37.2 Å². The standard InChI is InChI=1S/C20H27ClN4O2S/c1-13(2)11-25-15(4)18(14(3)24-25)9-10-19(26)22-23-20(27)12-28-17-7-5-16(21)6-8-17/h5-8,13H,9-12H2,1-4H3,(H,22,26)(H,23,27). The van der Waals surface area contributed by atoms with Gasteiger partial charge in [0.25, 0.3) is 0 Å². The number of thioether (sulfide) groups is 1. The molecule has 1 aromatic carbocycles. The maximum Gasteiger partial charge on any atom is 0.248 e. The molecule has 0 saturated carbocycles. The maximum absolute atomic E-state index is 12.1. The fraction of sp³-hybridized carbons (Fsp3) is 0.450. The Kier molecular flexibility index (Phi) is 8.38. The highest BCUT2D eigenvalue weighted by molar-refractivity contribution is 8.00. The molecule has 2 N–H and O–H groups in total. The summed E-state index contributed by atoms with van der Waals surface area (Å²) in [5.41, 5.74) is 8.08. The molecule has 0 atom stereocenters. The quantitative estimate of drug-likeness (QED) is 0.502. The minimum absolute atomic E-state index is 0.210. The van der Waals surface area contributed by atoms with E-state index in [2.05, 4.69) is 29.8 Å². The van der Waals surface area contributed by atoms with Crippen LogP contribution in [0.2, 0.25) is 5.02 Å². The molecule has 2 amide bonds. The SMILES string of the molecule is Cc1nn(CC(C)C)c(C)c1CCC(=O)NNC(=O)CSc1ccc(Cl)cc1. The highest BCUT2D eigenvalue weighted by Gasteiger charge is 2.14. The van der Waals surface area contributed by atoms with Gasteiger partial charge in [-0.15, -0.1) is 11.8 Å². The fourth-order valence-corrected chi connectivity index (χ4v) is 3.60. The summed E-state index contributed by atoms with van der Waals surface area (Å²) in [6.45, 7) is 9.16. The van der Waals surface area contributed by atoms with Gasteiger partial charge in [-0.2, -0.15) is 5.10 Å². The van der Waals surface area contributed by atoms with Crippen molar-refractivity contribution in [2.45, 2.75) is 52.0 Å². The summed E-state index contributed by atoms with van der Waals surface area (Å²) in [6.07, 6.45) is 0.886. The first-order valence-corrected chi connectivity index (χ1v) is 10.6. The number of nitrogens with zero attached hydrogens (tertiary/aromatic N) is 2. The summed E-state index contributed by atoms with van der Waals surface area (Å²) >= 11 is 7.21. The number of hydrogen-bond donors (Lipinski definition) is 2. The van der Waals surface area contributed by atoms with Crippen LogP contribution < -0.4 is 10.9 Å². The molecule has 0 saturated heterocycles. The van der Waals surface area contributed by atoms with Crippen molar-refractivity contribution in [1.82, 2.24) is 20.6 Å². The van der Waals surface area contributed by atoms with E-state index in [0.29, 0.717) is 23.8 Å². The van der Waals surface area contributed by atoms with E-state index < -0.39 is 0 Å². The molecule has 1 heterocycles. The highest BCUT2D eigenvalue weighted by Crippen LogP contribution is 2.20. The van der Waals surface area contributed by atoms with Gasteiger partial charge >= 0.3 is 0 Å². The number of carbonyl (C=O) groups is 2. The smallest absolute Gasteiger partial charge is 0.248 e. The number of halogens is 1. The Bertz CT molecular complexity index is 818. The van der Waals surface area contributed by atoms with E-state index in [-0.39, 0.29) is 17.6 Å². The third-order valence-corrected chi connectivity index (χ3v) is 5.46. The number of nitrogens with one attached hydrogen (secondary N) is 2. The number of benzene rings is 1. The lowest BCUT2D eigenvalue weighted by atomic mass is 10.1. The Hall–Kier alpha value is -1.99. The molecule has 2 aromatic rings. The zero-order valence-corrected chi connectivity index (χ0v) is 18.3. The Morgan fingerprint density at radius 1 is 1.14 bits per heavy atom. The van der Waals surface area contributed by atoms with Crippen LogP contribution in [0.3, 0.4) is 0 Å². The van der Waals surface area contributed by atoms with Crippen LogP contribution in [-0.4, -0.2) is 27.3 Å². The molecule has 0 aliphatic rings. The predicted molar refractivity (Wildman–Crippen MR) is 113 cm³/mol. The van der Waals surface area contributed by atoms with Crippen LogP contribution >= 0.6 is 23.4 Å². The largest absolute Gasteiger partial charge is 0.273 e. The van der Waals surface area contributed by atoms with Crippen LogP contribution in [0.5, 0.6) is 0 Å². The summed E-state index contributed by atoms with van der Waals surface area (Å²) < 4.78 is 2.00. The predicted octanol–water partition coefficient (Wildman–Crippen LogP) is 3.68. The first kappa shape index (κ1) is 22.3. The van der Waals surface area contributed by atoms with E-state index >= 15 is 0 Å². The molecule has 0 fully saturated rings. The molecule has 0 bridgehead atoms. The summed E-state index contributed by atoms with van der Waals surface area (Å²) in [7, 11) is 0. The van der Waals surface area contributed by atoms with Crippen LogP contribution in [0.15, 0.2) is 29.2 Å². The molecule has 0 unspecified atom stereocenters. The first-order valence-electron chi connectivity index (χ1n) is 9.25. The lowest BCUT2D eigenvalue weighted by molar-refractivity contribution is -0.127. The van der Waals surface area contributed by atoms with E-state index in [1.54, 1.807) is 12.1 Å². The number of aromatic nitrogens is 2. The zero-order chi connectivity index (χ0) is 20.7. The molecule has 0 aliphatic heterocycles. The molecule has 0 radical (unpaired) electrons. The van der Waals surface area contributed by atoms with Crippen LogP contribution in [-0.2, 0) is 22.6 Å². The molecule has 6 nitrogen and oxygen atoms in total. The van der Waals surface area contributed by atoms with Crippen molar-refractivity contribution in [1.29, 1.82) is 0 Å². The lowest BCUT2D eigenvalue weighted by Crippen LogP contribution is -2.42. The van der Waals surface area contributed by atoms with Crippen molar-refractivity contribution in [2.75, 3.05) is 5.75 Å². The third-order valence-electron chi connectivity index (χ3n) is 4.20. The van der Waals surface area contributed by atoms with E-state index in [0.717, 1.165) is 28.4 Å². The summed E-state index contributed by atoms with van der Waals surface area (Å²) in [5, 5.41) is 5.22. The van der Waals surface area contributed by atoms with Gasteiger partial charge in [-0.05, 0) is 56.0 Å². The molecular formula is C20H27ClN4O2S. The molecular weight excluding hydrogens is 396 g/mol. The summed E-state index contributed by atoms with van der Waals surface area (Å²) in [4.78, 5) is 24.9. The van der Waals surface area contributed by atoms with Crippen molar-refractivity contribution in [3.8, 4) is 0 Å². The van der Waals surface area contributed by atoms with Gasteiger partial charge < -0.3 is 0 Å². The molecule has 2 rings (SSSR count). The Balaban J connectivity index is 1.74. The van der Waals surface area contributed by atoms with Gasteiger partial charge in [-0.3, -0.25) is 25.1 Å². The van der Waals surface area contributed by atoms with Gasteiger partial charge in [0.2, 0.25) is 11.8 Å². The second-order valence-electron chi connectivity index (χ2n) is 7.06. The normalized spacial score (nSPS) is 10.9.